The van der Waals surface area contributed by atoms with Crippen molar-refractivity contribution in [3.8, 4) is 0 Å². The lowest BCUT2D eigenvalue weighted by atomic mass is 10.2. The van der Waals surface area contributed by atoms with E-state index in [9.17, 15) is 13.2 Å². The Labute approximate surface area is 154 Å². The molecule has 1 N–H and O–H groups in total. The van der Waals surface area contributed by atoms with Gasteiger partial charge in [0.25, 0.3) is 0 Å². The molecule has 0 saturated heterocycles. The number of nitrogens with one attached hydrogen (secondary N) is 1. The van der Waals surface area contributed by atoms with Crippen LogP contribution < -0.4 is 9.62 Å². The number of halogens is 2. The lowest BCUT2D eigenvalue weighted by Crippen LogP contribution is -2.40. The van der Waals surface area contributed by atoms with Crippen molar-refractivity contribution < 1.29 is 13.2 Å². The molecule has 8 heteroatoms. The van der Waals surface area contributed by atoms with Crippen molar-refractivity contribution in [1.29, 1.82) is 0 Å². The van der Waals surface area contributed by atoms with Crippen LogP contribution in [0.1, 0.15) is 5.56 Å². The summed E-state index contributed by atoms with van der Waals surface area (Å²) in [5.74, 6) is -0.416. The molecule has 0 fully saturated rings. The van der Waals surface area contributed by atoms with Gasteiger partial charge in [-0.1, -0.05) is 51.8 Å². The first-order chi connectivity index (χ1) is 11.3. The van der Waals surface area contributed by atoms with Crippen molar-refractivity contribution in [3.05, 3.63) is 63.6 Å². The molecule has 2 rings (SSSR count). The molecular weight excluding hydrogens is 416 g/mol. The van der Waals surface area contributed by atoms with E-state index in [1.165, 1.54) is 0 Å². The number of hydrogen-bond acceptors (Lipinski definition) is 3. The largest absolute Gasteiger partial charge is 0.350 e. The highest BCUT2D eigenvalue weighted by atomic mass is 79.9. The third-order valence-electron chi connectivity index (χ3n) is 3.22. The molecule has 0 aromatic heterocycles. The number of anilines is 1. The predicted octanol–water partition coefficient (Wildman–Crippen LogP) is 3.18. The SMILES string of the molecule is CS(=O)(=O)N(CC(=O)NCc1ccccc1Cl)c1cccc(Br)c1. The maximum absolute atomic E-state index is 12.2. The fraction of sp³-hybridized carbons (Fsp3) is 0.188. The van der Waals surface area contributed by atoms with Crippen molar-refractivity contribution in [2.75, 3.05) is 17.1 Å². The Balaban J connectivity index is 2.10. The van der Waals surface area contributed by atoms with Crippen LogP contribution in [0, 0.1) is 0 Å². The van der Waals surface area contributed by atoms with Gasteiger partial charge in [-0.15, -0.1) is 0 Å². The molecule has 128 valence electrons. The molecule has 0 radical (unpaired) electrons. The number of rotatable bonds is 6. The Morgan fingerprint density at radius 3 is 2.54 bits per heavy atom. The van der Waals surface area contributed by atoms with E-state index in [-0.39, 0.29) is 13.1 Å². The van der Waals surface area contributed by atoms with Gasteiger partial charge >= 0.3 is 0 Å². The molecule has 5 nitrogen and oxygen atoms in total. The molecule has 0 aliphatic carbocycles. The van der Waals surface area contributed by atoms with Crippen LogP contribution in [-0.4, -0.2) is 27.1 Å². The Kier molecular flexibility index (Phi) is 6.26. The van der Waals surface area contributed by atoms with Crippen molar-refractivity contribution >= 4 is 49.1 Å². The second-order valence-corrected chi connectivity index (χ2v) is 8.35. The van der Waals surface area contributed by atoms with Crippen molar-refractivity contribution in [2.45, 2.75) is 6.54 Å². The second-order valence-electron chi connectivity index (χ2n) is 5.12. The van der Waals surface area contributed by atoms with Gasteiger partial charge in [0.2, 0.25) is 15.9 Å². The molecular formula is C16H16BrClN2O3S. The third kappa shape index (κ3) is 5.22. The van der Waals surface area contributed by atoms with Gasteiger partial charge in [0.05, 0.1) is 11.9 Å². The Morgan fingerprint density at radius 2 is 1.92 bits per heavy atom. The molecule has 2 aromatic carbocycles. The van der Waals surface area contributed by atoms with Crippen molar-refractivity contribution in [1.82, 2.24) is 5.32 Å². The first kappa shape index (κ1) is 18.8. The maximum Gasteiger partial charge on any atom is 0.241 e. The zero-order valence-electron chi connectivity index (χ0n) is 12.9. The van der Waals surface area contributed by atoms with E-state index in [1.54, 1.807) is 42.5 Å². The average molecular weight is 432 g/mol. The molecule has 1 amide bonds. The molecule has 0 spiro atoms. The van der Waals surface area contributed by atoms with Crippen molar-refractivity contribution in [2.24, 2.45) is 0 Å². The summed E-state index contributed by atoms with van der Waals surface area (Å²) in [5, 5.41) is 3.23. The fourth-order valence-electron chi connectivity index (χ4n) is 2.05. The van der Waals surface area contributed by atoms with E-state index in [4.69, 9.17) is 11.6 Å². The predicted molar refractivity (Wildman–Crippen MR) is 99.6 cm³/mol. The molecule has 0 aliphatic heterocycles. The highest BCUT2D eigenvalue weighted by Gasteiger charge is 2.21. The summed E-state index contributed by atoms with van der Waals surface area (Å²) in [6, 6.07) is 13.9. The number of hydrogen-bond donors (Lipinski definition) is 1. The normalized spacial score (nSPS) is 11.1. The lowest BCUT2D eigenvalue weighted by molar-refractivity contribution is -0.119. The van der Waals surface area contributed by atoms with Gasteiger partial charge in [-0.25, -0.2) is 8.42 Å². The van der Waals surface area contributed by atoms with Crippen LogP contribution in [0.25, 0.3) is 0 Å². The molecule has 0 atom stereocenters. The number of carbonyl (C=O) groups excluding carboxylic acids is 1. The van der Waals surface area contributed by atoms with Gasteiger partial charge < -0.3 is 5.32 Å². The number of amides is 1. The first-order valence-corrected chi connectivity index (χ1v) is 10.0. The van der Waals surface area contributed by atoms with Gasteiger partial charge in [-0.05, 0) is 29.8 Å². The Morgan fingerprint density at radius 1 is 1.21 bits per heavy atom. The molecule has 0 bridgehead atoms. The highest BCUT2D eigenvalue weighted by molar-refractivity contribution is 9.10. The van der Waals surface area contributed by atoms with Crippen LogP contribution in [0.2, 0.25) is 5.02 Å². The maximum atomic E-state index is 12.2. The minimum Gasteiger partial charge on any atom is -0.350 e. The summed E-state index contributed by atoms with van der Waals surface area (Å²) in [7, 11) is -3.60. The van der Waals surface area contributed by atoms with Crippen LogP contribution in [0.3, 0.4) is 0 Å². The number of benzene rings is 2. The van der Waals surface area contributed by atoms with Gasteiger partial charge in [0.15, 0.2) is 0 Å². The van der Waals surface area contributed by atoms with Crippen LogP contribution in [0.5, 0.6) is 0 Å². The summed E-state index contributed by atoms with van der Waals surface area (Å²) >= 11 is 9.33. The summed E-state index contributed by atoms with van der Waals surface area (Å²) in [6.07, 6.45) is 1.06. The van der Waals surface area contributed by atoms with Gasteiger partial charge in [-0.2, -0.15) is 0 Å². The van der Waals surface area contributed by atoms with E-state index in [1.807, 2.05) is 6.07 Å². The highest BCUT2D eigenvalue weighted by Crippen LogP contribution is 2.22. The van der Waals surface area contributed by atoms with Crippen LogP contribution in [0.15, 0.2) is 53.0 Å². The summed E-state index contributed by atoms with van der Waals surface area (Å²) < 4.78 is 25.8. The molecule has 0 heterocycles. The van der Waals surface area contributed by atoms with Crippen LogP contribution >= 0.6 is 27.5 Å². The van der Waals surface area contributed by atoms with E-state index >= 15 is 0 Å². The van der Waals surface area contributed by atoms with Crippen molar-refractivity contribution in [3.63, 3.8) is 0 Å². The number of carbonyl (C=O) groups is 1. The number of nitrogens with zero attached hydrogens (tertiary/aromatic N) is 1. The first-order valence-electron chi connectivity index (χ1n) is 7.01. The fourth-order valence-corrected chi connectivity index (χ4v) is 3.49. The van der Waals surface area contributed by atoms with Gasteiger partial charge in [-0.3, -0.25) is 9.10 Å². The summed E-state index contributed by atoms with van der Waals surface area (Å²) in [5.41, 5.74) is 1.18. The van der Waals surface area contributed by atoms with Gasteiger partial charge in [0, 0.05) is 16.0 Å². The molecule has 24 heavy (non-hydrogen) atoms. The topological polar surface area (TPSA) is 66.5 Å². The van der Waals surface area contributed by atoms with E-state index in [0.29, 0.717) is 10.7 Å². The van der Waals surface area contributed by atoms with E-state index in [2.05, 4.69) is 21.2 Å². The smallest absolute Gasteiger partial charge is 0.241 e. The zero-order valence-corrected chi connectivity index (χ0v) is 16.0. The van der Waals surface area contributed by atoms with Crippen LogP contribution in [-0.2, 0) is 21.4 Å². The van der Waals surface area contributed by atoms with Crippen LogP contribution in [0.4, 0.5) is 5.69 Å². The summed E-state index contributed by atoms with van der Waals surface area (Å²) in [6.45, 7) is -0.0751. The molecule has 0 aliphatic rings. The third-order valence-corrected chi connectivity index (χ3v) is 5.22. The van der Waals surface area contributed by atoms with E-state index in [0.717, 1.165) is 20.6 Å². The molecule has 0 unspecified atom stereocenters. The average Bonchev–Trinajstić information content (AvgIpc) is 2.50. The quantitative estimate of drug-likeness (QED) is 0.764. The van der Waals surface area contributed by atoms with Gasteiger partial charge in [0.1, 0.15) is 6.54 Å². The lowest BCUT2D eigenvalue weighted by Gasteiger charge is -2.22. The monoisotopic (exact) mass is 430 g/mol. The van der Waals surface area contributed by atoms with E-state index < -0.39 is 15.9 Å². The minimum absolute atomic E-state index is 0.231. The minimum atomic E-state index is -3.60. The standard InChI is InChI=1S/C16H16BrClN2O3S/c1-24(22,23)20(14-7-4-6-13(17)9-14)11-16(21)19-10-12-5-2-3-8-15(12)18/h2-9H,10-11H2,1H3,(H,19,21). The molecule has 2 aromatic rings. The second kappa shape index (κ2) is 8.00. The molecule has 0 saturated carbocycles. The number of sulfonamides is 1. The zero-order chi connectivity index (χ0) is 17.7. The Hall–Kier alpha value is -1.57. The Bertz CT molecular complexity index is 843. The summed E-state index contributed by atoms with van der Waals surface area (Å²) in [4.78, 5) is 12.2.